The lowest BCUT2D eigenvalue weighted by Crippen LogP contribution is -2.43. The Bertz CT molecular complexity index is 569. The quantitative estimate of drug-likeness (QED) is 0.716. The molecule has 25 heavy (non-hydrogen) atoms. The summed E-state index contributed by atoms with van der Waals surface area (Å²) in [5, 5.41) is 2.89. The van der Waals surface area contributed by atoms with Crippen LogP contribution in [0.15, 0.2) is 18.3 Å². The van der Waals surface area contributed by atoms with Gasteiger partial charge in [0.1, 0.15) is 0 Å². The van der Waals surface area contributed by atoms with Gasteiger partial charge >= 0.3 is 0 Å². The van der Waals surface area contributed by atoms with Gasteiger partial charge in [0.25, 0.3) is 0 Å². The van der Waals surface area contributed by atoms with Crippen LogP contribution in [0.5, 0.6) is 0 Å². The van der Waals surface area contributed by atoms with Crippen molar-refractivity contribution in [2.45, 2.75) is 46.0 Å². The topological polar surface area (TPSA) is 88.3 Å². The average molecular weight is 346 g/mol. The molecule has 2 amide bonds. The second-order valence-corrected chi connectivity index (χ2v) is 6.83. The number of carbonyl (C=O) groups excluding carboxylic acids is 2. The molecule has 1 heterocycles. The predicted molar refractivity (Wildman–Crippen MR) is 98.7 cm³/mol. The van der Waals surface area contributed by atoms with Crippen molar-refractivity contribution < 1.29 is 9.59 Å². The van der Waals surface area contributed by atoms with Crippen molar-refractivity contribution in [1.82, 2.24) is 15.2 Å². The van der Waals surface area contributed by atoms with Gasteiger partial charge in [-0.05, 0) is 44.2 Å². The van der Waals surface area contributed by atoms with E-state index < -0.39 is 0 Å². The van der Waals surface area contributed by atoms with Crippen LogP contribution in [0.4, 0.5) is 5.69 Å². The lowest BCUT2D eigenvalue weighted by Gasteiger charge is -2.34. The minimum atomic E-state index is -0.0193. The molecule has 0 radical (unpaired) electrons. The summed E-state index contributed by atoms with van der Waals surface area (Å²) < 4.78 is 0. The standard InChI is InChI=1S/C19H30N4O2/c1-3-23(19(25)14(2)15-5-4-6-15)12-11-21-18(24)10-9-17-8-7-16(20)13-22-17/h7-8,13-15H,3-6,9-12,20H2,1-2H3,(H,21,24). The molecule has 1 saturated carbocycles. The Morgan fingerprint density at radius 3 is 2.72 bits per heavy atom. The molecule has 6 nitrogen and oxygen atoms in total. The van der Waals surface area contributed by atoms with E-state index in [9.17, 15) is 9.59 Å². The summed E-state index contributed by atoms with van der Waals surface area (Å²) in [6, 6.07) is 3.62. The van der Waals surface area contributed by atoms with E-state index >= 15 is 0 Å². The Hall–Kier alpha value is -2.11. The van der Waals surface area contributed by atoms with E-state index in [1.807, 2.05) is 24.8 Å². The van der Waals surface area contributed by atoms with Gasteiger partial charge in [-0.15, -0.1) is 0 Å². The SMILES string of the molecule is CCN(CCNC(=O)CCc1ccc(N)cn1)C(=O)C(C)C1CCC1. The number of nitrogens with two attached hydrogens (primary N) is 1. The highest BCUT2D eigenvalue weighted by atomic mass is 16.2. The van der Waals surface area contributed by atoms with Crippen LogP contribution in [0.1, 0.15) is 45.2 Å². The molecule has 0 aromatic carbocycles. The fourth-order valence-electron chi connectivity index (χ4n) is 3.10. The lowest BCUT2D eigenvalue weighted by atomic mass is 9.76. The van der Waals surface area contributed by atoms with Crippen molar-refractivity contribution in [1.29, 1.82) is 0 Å². The summed E-state index contributed by atoms with van der Waals surface area (Å²) in [4.78, 5) is 30.5. The van der Waals surface area contributed by atoms with Gasteiger partial charge in [0.15, 0.2) is 0 Å². The highest BCUT2D eigenvalue weighted by Gasteiger charge is 2.31. The van der Waals surface area contributed by atoms with Crippen molar-refractivity contribution >= 4 is 17.5 Å². The number of hydrogen-bond acceptors (Lipinski definition) is 4. The Labute approximate surface area is 150 Å². The molecule has 1 aromatic heterocycles. The van der Waals surface area contributed by atoms with Crippen molar-refractivity contribution in [2.75, 3.05) is 25.4 Å². The number of nitrogens with one attached hydrogen (secondary N) is 1. The monoisotopic (exact) mass is 346 g/mol. The number of nitrogens with zero attached hydrogens (tertiary/aromatic N) is 2. The summed E-state index contributed by atoms with van der Waals surface area (Å²) in [5.41, 5.74) is 7.06. The Kier molecular flexibility index (Phi) is 7.22. The van der Waals surface area contributed by atoms with Gasteiger partial charge in [-0.25, -0.2) is 0 Å². The first kappa shape index (κ1) is 19.2. The highest BCUT2D eigenvalue weighted by Crippen LogP contribution is 2.34. The van der Waals surface area contributed by atoms with E-state index in [4.69, 9.17) is 5.73 Å². The van der Waals surface area contributed by atoms with E-state index in [1.54, 1.807) is 12.3 Å². The first-order chi connectivity index (χ1) is 12.0. The van der Waals surface area contributed by atoms with Crippen LogP contribution in [0, 0.1) is 11.8 Å². The van der Waals surface area contributed by atoms with Gasteiger partial charge < -0.3 is 16.0 Å². The van der Waals surface area contributed by atoms with Gasteiger partial charge in [-0.1, -0.05) is 13.3 Å². The van der Waals surface area contributed by atoms with Crippen LogP contribution in [0.2, 0.25) is 0 Å². The second-order valence-electron chi connectivity index (χ2n) is 6.83. The minimum absolute atomic E-state index is 0.0193. The first-order valence-corrected chi connectivity index (χ1v) is 9.27. The van der Waals surface area contributed by atoms with Crippen molar-refractivity contribution in [3.63, 3.8) is 0 Å². The van der Waals surface area contributed by atoms with Crippen molar-refractivity contribution in [3.8, 4) is 0 Å². The summed E-state index contributed by atoms with van der Waals surface area (Å²) in [7, 11) is 0. The zero-order chi connectivity index (χ0) is 18.2. The fraction of sp³-hybridized carbons (Fsp3) is 0.632. The maximum absolute atomic E-state index is 12.5. The summed E-state index contributed by atoms with van der Waals surface area (Å²) in [6.45, 7) is 5.76. The molecule has 1 unspecified atom stereocenters. The summed E-state index contributed by atoms with van der Waals surface area (Å²) >= 11 is 0. The molecule has 138 valence electrons. The van der Waals surface area contributed by atoms with Crippen molar-refractivity contribution in [3.05, 3.63) is 24.0 Å². The van der Waals surface area contributed by atoms with E-state index in [0.717, 1.165) is 5.69 Å². The molecule has 1 atom stereocenters. The van der Waals surface area contributed by atoms with Crippen LogP contribution < -0.4 is 11.1 Å². The molecule has 0 aliphatic heterocycles. The molecule has 6 heteroatoms. The average Bonchev–Trinajstić information content (AvgIpc) is 2.56. The van der Waals surface area contributed by atoms with Crippen LogP contribution in [-0.2, 0) is 16.0 Å². The number of aryl methyl sites for hydroxylation is 1. The van der Waals surface area contributed by atoms with Gasteiger partial charge in [0.05, 0.1) is 11.9 Å². The van der Waals surface area contributed by atoms with E-state index in [-0.39, 0.29) is 17.7 Å². The molecule has 0 spiro atoms. The number of amides is 2. The molecule has 2 rings (SSSR count). The highest BCUT2D eigenvalue weighted by molar-refractivity contribution is 5.79. The molecule has 1 fully saturated rings. The molecular weight excluding hydrogens is 316 g/mol. The third-order valence-electron chi connectivity index (χ3n) is 5.10. The lowest BCUT2D eigenvalue weighted by molar-refractivity contribution is -0.137. The number of anilines is 1. The van der Waals surface area contributed by atoms with Crippen LogP contribution in [0.25, 0.3) is 0 Å². The zero-order valence-electron chi connectivity index (χ0n) is 15.3. The molecule has 1 aliphatic carbocycles. The number of nitrogen functional groups attached to an aromatic ring is 1. The molecule has 0 bridgehead atoms. The van der Waals surface area contributed by atoms with E-state index in [1.165, 1.54) is 19.3 Å². The van der Waals surface area contributed by atoms with Gasteiger partial charge in [0, 0.05) is 37.7 Å². The van der Waals surface area contributed by atoms with Gasteiger partial charge in [0.2, 0.25) is 11.8 Å². The number of aromatic nitrogens is 1. The van der Waals surface area contributed by atoms with Crippen LogP contribution in [-0.4, -0.2) is 41.3 Å². The summed E-state index contributed by atoms with van der Waals surface area (Å²) in [6.07, 6.45) is 6.14. The first-order valence-electron chi connectivity index (χ1n) is 9.27. The molecule has 3 N–H and O–H groups in total. The van der Waals surface area contributed by atoms with E-state index in [0.29, 0.717) is 44.1 Å². The maximum Gasteiger partial charge on any atom is 0.225 e. The van der Waals surface area contributed by atoms with Gasteiger partial charge in [-0.3, -0.25) is 14.6 Å². The Morgan fingerprint density at radius 2 is 2.16 bits per heavy atom. The summed E-state index contributed by atoms with van der Waals surface area (Å²) in [5.74, 6) is 0.839. The molecule has 1 aliphatic rings. The number of likely N-dealkylation sites (N-methyl/N-ethyl adjacent to an activating group) is 1. The number of hydrogen-bond donors (Lipinski definition) is 2. The second kappa shape index (κ2) is 9.39. The number of carbonyl (C=O) groups is 2. The molecule has 0 saturated heterocycles. The molecule has 1 aromatic rings. The van der Waals surface area contributed by atoms with E-state index in [2.05, 4.69) is 10.3 Å². The third kappa shape index (κ3) is 5.73. The Balaban J connectivity index is 1.67. The fourth-order valence-corrected chi connectivity index (χ4v) is 3.10. The van der Waals surface area contributed by atoms with Crippen LogP contribution in [0.3, 0.4) is 0 Å². The maximum atomic E-state index is 12.5. The predicted octanol–water partition coefficient (Wildman–Crippen LogP) is 2.00. The zero-order valence-corrected chi connectivity index (χ0v) is 15.3. The molecular formula is C19H30N4O2. The normalized spacial score (nSPS) is 15.3. The third-order valence-corrected chi connectivity index (χ3v) is 5.10. The number of pyridine rings is 1. The minimum Gasteiger partial charge on any atom is -0.397 e. The number of rotatable bonds is 9. The smallest absolute Gasteiger partial charge is 0.225 e. The Morgan fingerprint density at radius 1 is 1.40 bits per heavy atom. The largest absolute Gasteiger partial charge is 0.397 e. The van der Waals surface area contributed by atoms with Crippen molar-refractivity contribution in [2.24, 2.45) is 11.8 Å². The van der Waals surface area contributed by atoms with Crippen LogP contribution >= 0.6 is 0 Å². The van der Waals surface area contributed by atoms with Gasteiger partial charge in [-0.2, -0.15) is 0 Å².